The van der Waals surface area contributed by atoms with Gasteiger partial charge in [-0.2, -0.15) is 0 Å². The average Bonchev–Trinajstić information content (AvgIpc) is 2.46. The van der Waals surface area contributed by atoms with Crippen LogP contribution in [0.25, 0.3) is 0 Å². The molecule has 0 bridgehead atoms. The number of likely N-dealkylation sites (tertiary alicyclic amines) is 1. The van der Waals surface area contributed by atoms with Gasteiger partial charge in [0.05, 0.1) is 13.2 Å². The van der Waals surface area contributed by atoms with Crippen LogP contribution in [-0.4, -0.2) is 43.4 Å². The van der Waals surface area contributed by atoms with Crippen molar-refractivity contribution in [2.45, 2.75) is 31.9 Å². The van der Waals surface area contributed by atoms with Gasteiger partial charge < -0.3 is 14.6 Å². The van der Waals surface area contributed by atoms with Gasteiger partial charge in [0, 0.05) is 37.9 Å². The van der Waals surface area contributed by atoms with E-state index in [2.05, 4.69) is 11.8 Å². The third-order valence-corrected chi connectivity index (χ3v) is 4.05. The lowest BCUT2D eigenvalue weighted by molar-refractivity contribution is 0.0292. The zero-order valence-corrected chi connectivity index (χ0v) is 11.9. The Balaban J connectivity index is 2.05. The summed E-state index contributed by atoms with van der Waals surface area (Å²) in [6.07, 6.45) is 2.49. The Morgan fingerprint density at radius 1 is 1.26 bits per heavy atom. The van der Waals surface area contributed by atoms with Crippen molar-refractivity contribution in [1.82, 2.24) is 4.90 Å². The number of phenolic OH excluding ortho intramolecular Hbond substituents is 1. The summed E-state index contributed by atoms with van der Waals surface area (Å²) >= 11 is 0. The van der Waals surface area contributed by atoms with Gasteiger partial charge in [0.2, 0.25) is 0 Å². The molecule has 4 nitrogen and oxygen atoms in total. The number of nitrogens with zero attached hydrogens (tertiary/aromatic N) is 1. The lowest BCUT2D eigenvalue weighted by Crippen LogP contribution is -2.38. The van der Waals surface area contributed by atoms with Crippen LogP contribution >= 0.6 is 0 Å². The van der Waals surface area contributed by atoms with Gasteiger partial charge in [-0.3, -0.25) is 4.90 Å². The van der Waals surface area contributed by atoms with E-state index in [9.17, 15) is 5.11 Å². The second kappa shape index (κ2) is 6.26. The number of rotatable bonds is 4. The molecule has 1 unspecified atom stereocenters. The third kappa shape index (κ3) is 3.19. The van der Waals surface area contributed by atoms with Crippen LogP contribution in [0.1, 0.15) is 31.4 Å². The second-order valence-corrected chi connectivity index (χ2v) is 5.07. The first-order valence-electron chi connectivity index (χ1n) is 6.79. The molecule has 1 N–H and O–H groups in total. The molecule has 1 aromatic rings. The SMILES string of the molecule is COc1ccc(C(C)N2CCC(OC)CC2)c(O)c1. The molecule has 106 valence electrons. The number of ether oxygens (including phenoxy) is 2. The topological polar surface area (TPSA) is 41.9 Å². The maximum atomic E-state index is 10.1. The number of benzene rings is 1. The molecule has 0 aromatic heterocycles. The van der Waals surface area contributed by atoms with Crippen LogP contribution in [-0.2, 0) is 4.74 Å². The summed E-state index contributed by atoms with van der Waals surface area (Å²) in [5.41, 5.74) is 0.955. The van der Waals surface area contributed by atoms with E-state index in [1.54, 1.807) is 20.3 Å². The maximum absolute atomic E-state index is 10.1. The predicted molar refractivity (Wildman–Crippen MR) is 74.7 cm³/mol. The standard InChI is InChI=1S/C15H23NO3/c1-11(16-8-6-12(18-2)7-9-16)14-5-4-13(19-3)10-15(14)17/h4-5,10-12,17H,6-9H2,1-3H3. The first-order chi connectivity index (χ1) is 9.15. The lowest BCUT2D eigenvalue weighted by atomic mass is 10.0. The monoisotopic (exact) mass is 265 g/mol. The van der Waals surface area contributed by atoms with Crippen molar-refractivity contribution in [3.63, 3.8) is 0 Å². The largest absolute Gasteiger partial charge is 0.507 e. The van der Waals surface area contributed by atoms with Gasteiger partial charge in [-0.1, -0.05) is 6.07 Å². The molecular weight excluding hydrogens is 242 g/mol. The van der Waals surface area contributed by atoms with E-state index in [0.717, 1.165) is 31.5 Å². The Kier molecular flexibility index (Phi) is 4.66. The first kappa shape index (κ1) is 14.2. The highest BCUT2D eigenvalue weighted by atomic mass is 16.5. The van der Waals surface area contributed by atoms with Crippen LogP contribution in [0, 0.1) is 0 Å². The molecule has 1 aliphatic rings. The van der Waals surface area contributed by atoms with Crippen molar-refractivity contribution in [2.24, 2.45) is 0 Å². The quantitative estimate of drug-likeness (QED) is 0.908. The minimum Gasteiger partial charge on any atom is -0.507 e. The minimum absolute atomic E-state index is 0.212. The van der Waals surface area contributed by atoms with Gasteiger partial charge in [0.25, 0.3) is 0 Å². The van der Waals surface area contributed by atoms with E-state index in [-0.39, 0.29) is 6.04 Å². The van der Waals surface area contributed by atoms with Crippen LogP contribution in [0.3, 0.4) is 0 Å². The van der Waals surface area contributed by atoms with Crippen LogP contribution in [0.2, 0.25) is 0 Å². The Bertz CT molecular complexity index is 414. The van der Waals surface area contributed by atoms with Gasteiger partial charge in [-0.05, 0) is 25.8 Å². The Labute approximate surface area is 114 Å². The van der Waals surface area contributed by atoms with Crippen molar-refractivity contribution >= 4 is 0 Å². The number of piperidine rings is 1. The summed E-state index contributed by atoms with van der Waals surface area (Å²) in [7, 11) is 3.38. The van der Waals surface area contributed by atoms with E-state index in [0.29, 0.717) is 17.6 Å². The third-order valence-electron chi connectivity index (χ3n) is 4.05. The number of methoxy groups -OCH3 is 2. The van der Waals surface area contributed by atoms with Crippen molar-refractivity contribution in [1.29, 1.82) is 0 Å². The maximum Gasteiger partial charge on any atom is 0.124 e. The molecule has 1 atom stereocenters. The molecule has 1 aliphatic heterocycles. The summed E-state index contributed by atoms with van der Waals surface area (Å²) in [4.78, 5) is 2.39. The summed E-state index contributed by atoms with van der Waals surface area (Å²) in [5, 5.41) is 10.1. The number of hydrogen-bond acceptors (Lipinski definition) is 4. The molecule has 0 radical (unpaired) electrons. The zero-order chi connectivity index (χ0) is 13.8. The number of phenols is 1. The van der Waals surface area contributed by atoms with Gasteiger partial charge in [0.15, 0.2) is 0 Å². The van der Waals surface area contributed by atoms with Crippen LogP contribution < -0.4 is 4.74 Å². The van der Waals surface area contributed by atoms with Gasteiger partial charge in [0.1, 0.15) is 11.5 Å². The molecule has 0 amide bonds. The highest BCUT2D eigenvalue weighted by Crippen LogP contribution is 2.33. The number of hydrogen-bond donors (Lipinski definition) is 1. The Morgan fingerprint density at radius 2 is 1.95 bits per heavy atom. The van der Waals surface area contributed by atoms with Crippen LogP contribution in [0.4, 0.5) is 0 Å². The fourth-order valence-electron chi connectivity index (χ4n) is 2.70. The van der Waals surface area contributed by atoms with Crippen molar-refractivity contribution < 1.29 is 14.6 Å². The summed E-state index contributed by atoms with van der Waals surface area (Å²) < 4.78 is 10.5. The summed E-state index contributed by atoms with van der Waals surface area (Å²) in [6.45, 7) is 4.14. The summed E-state index contributed by atoms with van der Waals surface area (Å²) in [5.74, 6) is 0.993. The molecule has 0 aliphatic carbocycles. The molecule has 1 saturated heterocycles. The van der Waals surface area contributed by atoms with Crippen molar-refractivity contribution in [2.75, 3.05) is 27.3 Å². The first-order valence-corrected chi connectivity index (χ1v) is 6.79. The van der Waals surface area contributed by atoms with E-state index >= 15 is 0 Å². The normalized spacial score (nSPS) is 19.3. The number of aromatic hydroxyl groups is 1. The van der Waals surface area contributed by atoms with E-state index in [1.165, 1.54) is 0 Å². The molecule has 1 heterocycles. The molecule has 4 heteroatoms. The smallest absolute Gasteiger partial charge is 0.124 e. The van der Waals surface area contributed by atoms with E-state index in [4.69, 9.17) is 9.47 Å². The molecule has 2 rings (SSSR count). The van der Waals surface area contributed by atoms with Gasteiger partial charge >= 0.3 is 0 Å². The minimum atomic E-state index is 0.212. The molecule has 0 spiro atoms. The van der Waals surface area contributed by atoms with Gasteiger partial charge in [-0.15, -0.1) is 0 Å². The molecular formula is C15H23NO3. The fraction of sp³-hybridized carbons (Fsp3) is 0.600. The second-order valence-electron chi connectivity index (χ2n) is 5.07. The average molecular weight is 265 g/mol. The molecule has 0 saturated carbocycles. The van der Waals surface area contributed by atoms with Crippen LogP contribution in [0.15, 0.2) is 18.2 Å². The van der Waals surface area contributed by atoms with Gasteiger partial charge in [-0.25, -0.2) is 0 Å². The fourth-order valence-corrected chi connectivity index (χ4v) is 2.70. The molecule has 19 heavy (non-hydrogen) atoms. The lowest BCUT2D eigenvalue weighted by Gasteiger charge is -2.35. The predicted octanol–water partition coefficient (Wildman–Crippen LogP) is 2.57. The van der Waals surface area contributed by atoms with Crippen molar-refractivity contribution in [3.8, 4) is 11.5 Å². The highest BCUT2D eigenvalue weighted by molar-refractivity contribution is 5.41. The van der Waals surface area contributed by atoms with Crippen molar-refractivity contribution in [3.05, 3.63) is 23.8 Å². The summed E-state index contributed by atoms with van der Waals surface area (Å²) in [6, 6.07) is 5.73. The zero-order valence-electron chi connectivity index (χ0n) is 11.9. The van der Waals surface area contributed by atoms with E-state index < -0.39 is 0 Å². The Hall–Kier alpha value is -1.26. The highest BCUT2D eigenvalue weighted by Gasteiger charge is 2.24. The molecule has 1 fully saturated rings. The van der Waals surface area contributed by atoms with E-state index in [1.807, 2.05) is 12.1 Å². The Morgan fingerprint density at radius 3 is 2.47 bits per heavy atom. The van der Waals surface area contributed by atoms with Crippen LogP contribution in [0.5, 0.6) is 11.5 Å². The molecule has 1 aromatic carbocycles.